The molecule has 0 amide bonds. The summed E-state index contributed by atoms with van der Waals surface area (Å²) in [7, 11) is -2.52. The Balaban J connectivity index is 3.11. The summed E-state index contributed by atoms with van der Waals surface area (Å²) in [5.74, 6) is -0.843. The van der Waals surface area contributed by atoms with Crippen molar-refractivity contribution in [2.75, 3.05) is 19.5 Å². The first kappa shape index (κ1) is 14.9. The second-order valence-corrected chi connectivity index (χ2v) is 6.26. The summed E-state index contributed by atoms with van der Waals surface area (Å²) in [6.45, 7) is 3.44. The van der Waals surface area contributed by atoms with Crippen LogP contribution >= 0.6 is 0 Å². The Morgan fingerprint density at radius 1 is 1.44 bits per heavy atom. The lowest BCUT2D eigenvalue weighted by Crippen LogP contribution is -2.46. The molecule has 3 N–H and O–H groups in total. The van der Waals surface area contributed by atoms with E-state index in [2.05, 4.69) is 4.72 Å². The van der Waals surface area contributed by atoms with E-state index in [9.17, 15) is 12.8 Å². The third-order valence-corrected chi connectivity index (χ3v) is 3.87. The molecule has 1 aromatic rings. The SMILES string of the molecule is COCC(C)(C)NS(=O)(=O)c1cc(N)ccc1F. The second kappa shape index (κ2) is 5.21. The fourth-order valence-corrected chi connectivity index (χ4v) is 3.05. The van der Waals surface area contributed by atoms with Crippen LogP contribution in [0.25, 0.3) is 0 Å². The minimum Gasteiger partial charge on any atom is -0.399 e. The first-order valence-electron chi connectivity index (χ1n) is 5.26. The number of hydrogen-bond acceptors (Lipinski definition) is 4. The van der Waals surface area contributed by atoms with Gasteiger partial charge in [-0.15, -0.1) is 0 Å². The van der Waals surface area contributed by atoms with E-state index in [0.29, 0.717) is 0 Å². The zero-order valence-corrected chi connectivity index (χ0v) is 11.3. The number of ether oxygens (including phenoxy) is 1. The van der Waals surface area contributed by atoms with Crippen LogP contribution in [-0.2, 0) is 14.8 Å². The highest BCUT2D eigenvalue weighted by Crippen LogP contribution is 2.19. The molecule has 0 aliphatic heterocycles. The fraction of sp³-hybridized carbons (Fsp3) is 0.455. The number of nitrogens with two attached hydrogens (primary N) is 1. The van der Waals surface area contributed by atoms with Crippen molar-refractivity contribution in [1.29, 1.82) is 0 Å². The number of hydrogen-bond donors (Lipinski definition) is 2. The van der Waals surface area contributed by atoms with Gasteiger partial charge >= 0.3 is 0 Å². The van der Waals surface area contributed by atoms with Gasteiger partial charge in [0.25, 0.3) is 0 Å². The first-order chi connectivity index (χ1) is 8.18. The van der Waals surface area contributed by atoms with Gasteiger partial charge in [0.2, 0.25) is 10.0 Å². The molecule has 0 bridgehead atoms. The molecule has 1 aromatic carbocycles. The van der Waals surface area contributed by atoms with E-state index in [1.807, 2.05) is 0 Å². The topological polar surface area (TPSA) is 81.4 Å². The summed E-state index contributed by atoms with van der Waals surface area (Å²) in [6, 6.07) is 3.41. The largest absolute Gasteiger partial charge is 0.399 e. The van der Waals surface area contributed by atoms with E-state index in [-0.39, 0.29) is 12.3 Å². The molecule has 0 aliphatic carbocycles. The number of rotatable bonds is 5. The van der Waals surface area contributed by atoms with Gasteiger partial charge in [-0.25, -0.2) is 17.5 Å². The standard InChI is InChI=1S/C11H17FN2O3S/c1-11(2,7-17-3)14-18(15,16)10-6-8(13)4-5-9(10)12/h4-6,14H,7,13H2,1-3H3. The molecule has 5 nitrogen and oxygen atoms in total. The number of nitrogen functional groups attached to an aromatic ring is 1. The summed E-state index contributed by atoms with van der Waals surface area (Å²) < 4.78 is 44.9. The number of nitrogens with one attached hydrogen (secondary N) is 1. The molecular weight excluding hydrogens is 259 g/mol. The van der Waals surface area contributed by atoms with Crippen molar-refractivity contribution >= 4 is 15.7 Å². The molecular formula is C11H17FN2O3S. The molecule has 7 heteroatoms. The molecule has 0 spiro atoms. The molecule has 1 rings (SSSR count). The molecule has 0 aromatic heterocycles. The molecule has 102 valence electrons. The third-order valence-electron chi connectivity index (χ3n) is 2.16. The van der Waals surface area contributed by atoms with E-state index in [1.165, 1.54) is 13.2 Å². The Bertz CT molecular complexity index is 529. The van der Waals surface area contributed by atoms with Crippen LogP contribution in [0.3, 0.4) is 0 Å². The number of methoxy groups -OCH3 is 1. The highest BCUT2D eigenvalue weighted by Gasteiger charge is 2.28. The number of halogens is 1. The van der Waals surface area contributed by atoms with Crippen molar-refractivity contribution in [1.82, 2.24) is 4.72 Å². The van der Waals surface area contributed by atoms with E-state index in [0.717, 1.165) is 12.1 Å². The molecule has 0 fully saturated rings. The van der Waals surface area contributed by atoms with Crippen LogP contribution in [0, 0.1) is 5.82 Å². The zero-order valence-electron chi connectivity index (χ0n) is 10.5. The van der Waals surface area contributed by atoms with Crippen LogP contribution in [0.5, 0.6) is 0 Å². The van der Waals surface area contributed by atoms with Gasteiger partial charge in [-0.3, -0.25) is 0 Å². The van der Waals surface area contributed by atoms with Crippen LogP contribution in [0.1, 0.15) is 13.8 Å². The molecule has 0 saturated carbocycles. The summed E-state index contributed by atoms with van der Waals surface area (Å²) in [5.41, 5.74) is 4.80. The summed E-state index contributed by atoms with van der Waals surface area (Å²) in [4.78, 5) is -0.466. The fourth-order valence-electron chi connectivity index (χ4n) is 1.53. The Morgan fingerprint density at radius 3 is 2.61 bits per heavy atom. The highest BCUT2D eigenvalue weighted by atomic mass is 32.2. The first-order valence-corrected chi connectivity index (χ1v) is 6.74. The molecule has 0 unspecified atom stereocenters. The van der Waals surface area contributed by atoms with Gasteiger partial charge < -0.3 is 10.5 Å². The molecule has 0 radical (unpaired) electrons. The van der Waals surface area contributed by atoms with Gasteiger partial charge in [0, 0.05) is 12.8 Å². The maximum Gasteiger partial charge on any atom is 0.244 e. The summed E-state index contributed by atoms with van der Waals surface area (Å²) in [5, 5.41) is 0. The van der Waals surface area contributed by atoms with E-state index >= 15 is 0 Å². The van der Waals surface area contributed by atoms with Gasteiger partial charge in [-0.2, -0.15) is 0 Å². The van der Waals surface area contributed by atoms with Gasteiger partial charge in [-0.05, 0) is 32.0 Å². The second-order valence-electron chi connectivity index (χ2n) is 4.61. The van der Waals surface area contributed by atoms with Crippen molar-refractivity contribution in [2.45, 2.75) is 24.3 Å². The van der Waals surface area contributed by atoms with Crippen LogP contribution in [0.4, 0.5) is 10.1 Å². The minimum absolute atomic E-state index is 0.163. The highest BCUT2D eigenvalue weighted by molar-refractivity contribution is 7.89. The van der Waals surface area contributed by atoms with Crippen LogP contribution in [0.2, 0.25) is 0 Å². The van der Waals surface area contributed by atoms with Crippen LogP contribution in [-0.4, -0.2) is 27.7 Å². The monoisotopic (exact) mass is 276 g/mol. The van der Waals surface area contributed by atoms with Crippen molar-refractivity contribution in [3.63, 3.8) is 0 Å². The summed E-state index contributed by atoms with van der Waals surface area (Å²) in [6.07, 6.45) is 0. The predicted molar refractivity (Wildman–Crippen MR) is 67.1 cm³/mol. The minimum atomic E-state index is -3.98. The molecule has 0 saturated heterocycles. The van der Waals surface area contributed by atoms with E-state index in [4.69, 9.17) is 10.5 Å². The molecule has 18 heavy (non-hydrogen) atoms. The quantitative estimate of drug-likeness (QED) is 0.789. The smallest absolute Gasteiger partial charge is 0.244 e. The van der Waals surface area contributed by atoms with Crippen molar-refractivity contribution in [3.8, 4) is 0 Å². The van der Waals surface area contributed by atoms with E-state index < -0.39 is 26.3 Å². The summed E-state index contributed by atoms with van der Waals surface area (Å²) >= 11 is 0. The maximum atomic E-state index is 13.5. The third kappa shape index (κ3) is 3.66. The lowest BCUT2D eigenvalue weighted by atomic mass is 10.1. The Morgan fingerprint density at radius 2 is 2.06 bits per heavy atom. The number of benzene rings is 1. The number of anilines is 1. The molecule has 0 heterocycles. The Hall–Kier alpha value is -1.18. The van der Waals surface area contributed by atoms with Gasteiger partial charge in [0.1, 0.15) is 10.7 Å². The Labute approximate surface area is 106 Å². The Kier molecular flexibility index (Phi) is 4.31. The van der Waals surface area contributed by atoms with Gasteiger partial charge in [0.15, 0.2) is 0 Å². The van der Waals surface area contributed by atoms with Crippen LogP contribution in [0.15, 0.2) is 23.1 Å². The van der Waals surface area contributed by atoms with Gasteiger partial charge in [0.05, 0.1) is 12.1 Å². The predicted octanol–water partition coefficient (Wildman–Crippen LogP) is 1.11. The lowest BCUT2D eigenvalue weighted by Gasteiger charge is -2.25. The average molecular weight is 276 g/mol. The normalized spacial score (nSPS) is 12.7. The molecule has 0 aliphatic rings. The van der Waals surface area contributed by atoms with E-state index in [1.54, 1.807) is 13.8 Å². The van der Waals surface area contributed by atoms with Crippen molar-refractivity contribution in [3.05, 3.63) is 24.0 Å². The van der Waals surface area contributed by atoms with Gasteiger partial charge in [-0.1, -0.05) is 0 Å². The molecule has 0 atom stereocenters. The number of sulfonamides is 1. The van der Waals surface area contributed by atoms with Crippen molar-refractivity contribution in [2.24, 2.45) is 0 Å². The lowest BCUT2D eigenvalue weighted by molar-refractivity contribution is 0.141. The van der Waals surface area contributed by atoms with Crippen LogP contribution < -0.4 is 10.5 Å². The zero-order chi connectivity index (χ0) is 14.0. The maximum absolute atomic E-state index is 13.5. The van der Waals surface area contributed by atoms with Crippen molar-refractivity contribution < 1.29 is 17.5 Å². The average Bonchev–Trinajstić information content (AvgIpc) is 2.19.